The highest BCUT2D eigenvalue weighted by Crippen LogP contribution is 2.21. The van der Waals surface area contributed by atoms with Crippen LogP contribution in [0.25, 0.3) is 0 Å². The van der Waals surface area contributed by atoms with Gasteiger partial charge in [-0.3, -0.25) is 14.7 Å². The normalized spacial score (nSPS) is 14.5. The first-order chi connectivity index (χ1) is 12.2. The molecule has 9 heteroatoms. The summed E-state index contributed by atoms with van der Waals surface area (Å²) in [4.78, 5) is 10.6. The molecule has 0 aromatic carbocycles. The van der Waals surface area contributed by atoms with Gasteiger partial charge in [-0.1, -0.05) is 11.6 Å². The maximum absolute atomic E-state index is 6.27. The zero-order valence-electron chi connectivity index (χ0n) is 13.9. The molecule has 8 nitrogen and oxygen atoms in total. The van der Waals surface area contributed by atoms with E-state index < -0.39 is 0 Å². The summed E-state index contributed by atoms with van der Waals surface area (Å²) in [6.45, 7) is 5.88. The number of aromatic amines is 1. The molecule has 0 bridgehead atoms. The average molecular weight is 359 g/mol. The van der Waals surface area contributed by atoms with E-state index in [1.807, 2.05) is 6.92 Å². The standard InChI is InChI=1S/C16H19ClN8/c1-11-15(17)14(22-21-11)10-24-5-6-25-13(9-24)7-12(23-25)8-20-16-18-3-2-4-19-16/h2-4,7H,5-6,8-10H2,1H3,(H,21,22)(H,18,19,20). The Kier molecular flexibility index (Phi) is 4.37. The SMILES string of the molecule is Cc1[nH]nc(CN2CCn3nc(CNc4ncccn4)cc3C2)c1Cl. The van der Waals surface area contributed by atoms with Crippen molar-refractivity contribution < 1.29 is 0 Å². The van der Waals surface area contributed by atoms with Gasteiger partial charge in [0.05, 0.1) is 40.9 Å². The third-order valence-corrected chi connectivity index (χ3v) is 4.74. The first kappa shape index (κ1) is 16.0. The van der Waals surface area contributed by atoms with Gasteiger partial charge in [0.2, 0.25) is 5.95 Å². The first-order valence-electron chi connectivity index (χ1n) is 8.17. The second kappa shape index (κ2) is 6.81. The molecule has 1 aliphatic heterocycles. The lowest BCUT2D eigenvalue weighted by Crippen LogP contribution is -2.33. The van der Waals surface area contributed by atoms with Crippen LogP contribution in [0.3, 0.4) is 0 Å². The maximum Gasteiger partial charge on any atom is 0.222 e. The highest BCUT2D eigenvalue weighted by atomic mass is 35.5. The molecule has 130 valence electrons. The predicted octanol–water partition coefficient (Wildman–Crippen LogP) is 1.99. The summed E-state index contributed by atoms with van der Waals surface area (Å²) in [5, 5.41) is 15.8. The molecule has 0 unspecified atom stereocenters. The Bertz CT molecular complexity index is 856. The molecule has 1 aliphatic rings. The van der Waals surface area contributed by atoms with E-state index in [0.29, 0.717) is 12.5 Å². The second-order valence-corrected chi connectivity index (χ2v) is 6.47. The molecule has 4 rings (SSSR count). The summed E-state index contributed by atoms with van der Waals surface area (Å²) in [5.41, 5.74) is 3.99. The van der Waals surface area contributed by atoms with Crippen molar-refractivity contribution in [1.82, 2.24) is 34.8 Å². The van der Waals surface area contributed by atoms with Gasteiger partial charge < -0.3 is 5.32 Å². The van der Waals surface area contributed by atoms with Crippen molar-refractivity contribution in [2.45, 2.75) is 33.1 Å². The fraction of sp³-hybridized carbons (Fsp3) is 0.375. The minimum atomic E-state index is 0.606. The number of anilines is 1. The van der Waals surface area contributed by atoms with Gasteiger partial charge in [-0.2, -0.15) is 10.2 Å². The maximum atomic E-state index is 6.27. The lowest BCUT2D eigenvalue weighted by Gasteiger charge is -2.26. The van der Waals surface area contributed by atoms with Gasteiger partial charge in [0.15, 0.2) is 0 Å². The number of aryl methyl sites for hydroxylation is 1. The van der Waals surface area contributed by atoms with Crippen molar-refractivity contribution in [3.63, 3.8) is 0 Å². The number of nitrogens with zero attached hydrogens (tertiary/aromatic N) is 6. The summed E-state index contributed by atoms with van der Waals surface area (Å²) in [6.07, 6.45) is 3.43. The minimum Gasteiger partial charge on any atom is -0.348 e. The Morgan fingerprint density at radius 3 is 2.88 bits per heavy atom. The van der Waals surface area contributed by atoms with Crippen LogP contribution in [-0.2, 0) is 26.2 Å². The largest absolute Gasteiger partial charge is 0.348 e. The Morgan fingerprint density at radius 1 is 1.28 bits per heavy atom. The van der Waals surface area contributed by atoms with Gasteiger partial charge in [0, 0.05) is 32.0 Å². The van der Waals surface area contributed by atoms with Crippen LogP contribution in [-0.4, -0.2) is 41.4 Å². The predicted molar refractivity (Wildman–Crippen MR) is 94.0 cm³/mol. The smallest absolute Gasteiger partial charge is 0.222 e. The summed E-state index contributed by atoms with van der Waals surface area (Å²) in [7, 11) is 0. The molecule has 2 N–H and O–H groups in total. The molecule has 0 saturated carbocycles. The monoisotopic (exact) mass is 358 g/mol. The third-order valence-electron chi connectivity index (χ3n) is 4.24. The summed E-state index contributed by atoms with van der Waals surface area (Å²) in [5.74, 6) is 0.610. The topological polar surface area (TPSA) is 87.5 Å². The van der Waals surface area contributed by atoms with E-state index in [4.69, 9.17) is 11.6 Å². The quantitative estimate of drug-likeness (QED) is 0.725. The Hall–Kier alpha value is -2.45. The van der Waals surface area contributed by atoms with Crippen LogP contribution in [0.1, 0.15) is 22.8 Å². The summed E-state index contributed by atoms with van der Waals surface area (Å²) in [6, 6.07) is 3.92. The number of hydrogen-bond donors (Lipinski definition) is 2. The van der Waals surface area contributed by atoms with Crippen LogP contribution in [0.2, 0.25) is 5.02 Å². The fourth-order valence-electron chi connectivity index (χ4n) is 2.94. The van der Waals surface area contributed by atoms with Crippen molar-refractivity contribution in [2.24, 2.45) is 0 Å². The fourth-order valence-corrected chi connectivity index (χ4v) is 3.09. The average Bonchev–Trinajstić information content (AvgIpc) is 3.18. The summed E-state index contributed by atoms with van der Waals surface area (Å²) >= 11 is 6.27. The number of fused-ring (bicyclic) bond motifs is 1. The molecule has 4 heterocycles. The molecule has 0 saturated heterocycles. The number of hydrogen-bond acceptors (Lipinski definition) is 6. The van der Waals surface area contributed by atoms with Crippen molar-refractivity contribution in [3.8, 4) is 0 Å². The van der Waals surface area contributed by atoms with Gasteiger partial charge in [-0.25, -0.2) is 9.97 Å². The lowest BCUT2D eigenvalue weighted by molar-refractivity contribution is 0.203. The number of aromatic nitrogens is 6. The van der Waals surface area contributed by atoms with E-state index in [1.165, 1.54) is 5.69 Å². The zero-order chi connectivity index (χ0) is 17.2. The first-order valence-corrected chi connectivity index (χ1v) is 8.55. The molecule has 0 spiro atoms. The molecule has 3 aromatic rings. The van der Waals surface area contributed by atoms with Crippen molar-refractivity contribution >= 4 is 17.5 Å². The van der Waals surface area contributed by atoms with Gasteiger partial charge in [-0.05, 0) is 19.1 Å². The van der Waals surface area contributed by atoms with E-state index in [2.05, 4.69) is 46.2 Å². The minimum absolute atomic E-state index is 0.606. The lowest BCUT2D eigenvalue weighted by atomic mass is 10.2. The Balaban J connectivity index is 1.40. The third kappa shape index (κ3) is 3.49. The molecular weight excluding hydrogens is 340 g/mol. The molecular formula is C16H19ClN8. The number of nitrogens with one attached hydrogen (secondary N) is 2. The number of H-pyrrole nitrogens is 1. The van der Waals surface area contributed by atoms with Crippen LogP contribution in [0.15, 0.2) is 24.5 Å². The molecule has 0 fully saturated rings. The highest BCUT2D eigenvalue weighted by Gasteiger charge is 2.20. The van der Waals surface area contributed by atoms with E-state index in [0.717, 1.165) is 48.3 Å². The van der Waals surface area contributed by atoms with Crippen molar-refractivity contribution in [3.05, 3.63) is 52.3 Å². The van der Waals surface area contributed by atoms with Gasteiger partial charge in [-0.15, -0.1) is 0 Å². The number of halogens is 1. The van der Waals surface area contributed by atoms with Crippen LogP contribution in [0.4, 0.5) is 5.95 Å². The molecule has 0 radical (unpaired) electrons. The van der Waals surface area contributed by atoms with Gasteiger partial charge in [0.1, 0.15) is 0 Å². The summed E-state index contributed by atoms with van der Waals surface area (Å²) < 4.78 is 2.07. The van der Waals surface area contributed by atoms with Crippen LogP contribution in [0.5, 0.6) is 0 Å². The molecule has 0 amide bonds. The van der Waals surface area contributed by atoms with Gasteiger partial charge >= 0.3 is 0 Å². The zero-order valence-corrected chi connectivity index (χ0v) is 14.7. The highest BCUT2D eigenvalue weighted by molar-refractivity contribution is 6.31. The molecule has 0 atom stereocenters. The molecule has 3 aromatic heterocycles. The molecule has 25 heavy (non-hydrogen) atoms. The van der Waals surface area contributed by atoms with E-state index >= 15 is 0 Å². The second-order valence-electron chi connectivity index (χ2n) is 6.10. The van der Waals surface area contributed by atoms with Gasteiger partial charge in [0.25, 0.3) is 0 Å². The van der Waals surface area contributed by atoms with Crippen molar-refractivity contribution in [1.29, 1.82) is 0 Å². The van der Waals surface area contributed by atoms with Crippen LogP contribution in [0, 0.1) is 6.92 Å². The van der Waals surface area contributed by atoms with E-state index in [-0.39, 0.29) is 0 Å². The molecule has 0 aliphatic carbocycles. The number of rotatable bonds is 5. The Morgan fingerprint density at radius 2 is 2.12 bits per heavy atom. The van der Waals surface area contributed by atoms with E-state index in [1.54, 1.807) is 18.5 Å². The van der Waals surface area contributed by atoms with E-state index in [9.17, 15) is 0 Å². The van der Waals surface area contributed by atoms with Crippen LogP contribution >= 0.6 is 11.6 Å². The Labute approximate surface area is 150 Å². The van der Waals surface area contributed by atoms with Crippen molar-refractivity contribution in [2.75, 3.05) is 11.9 Å². The van der Waals surface area contributed by atoms with Crippen LogP contribution < -0.4 is 5.32 Å².